The van der Waals surface area contributed by atoms with Gasteiger partial charge in [0.05, 0.1) is 17.1 Å². The second-order valence-electron chi connectivity index (χ2n) is 5.85. The van der Waals surface area contributed by atoms with Crippen molar-refractivity contribution < 1.29 is 23.8 Å². The number of carbonyl (C=O) groups is 2. The van der Waals surface area contributed by atoms with E-state index in [9.17, 15) is 9.59 Å². The lowest BCUT2D eigenvalue weighted by Gasteiger charge is -2.18. The first-order valence-corrected chi connectivity index (χ1v) is 8.49. The smallest absolute Gasteiger partial charge is 0.310 e. The van der Waals surface area contributed by atoms with Crippen LogP contribution in [0.25, 0.3) is 0 Å². The van der Waals surface area contributed by atoms with Gasteiger partial charge in [-0.15, -0.1) is 0 Å². The molecule has 0 spiro atoms. The second-order valence-corrected chi connectivity index (χ2v) is 6.25. The van der Waals surface area contributed by atoms with Gasteiger partial charge in [-0.1, -0.05) is 23.7 Å². The van der Waals surface area contributed by atoms with Crippen LogP contribution in [-0.2, 0) is 20.7 Å². The number of halogens is 1. The van der Waals surface area contributed by atoms with Crippen LogP contribution in [0.15, 0.2) is 36.4 Å². The lowest BCUT2D eigenvalue weighted by Crippen LogP contribution is -2.22. The Balaban J connectivity index is 1.50. The number of carbonyl (C=O) groups excluding carboxylic acids is 2. The van der Waals surface area contributed by atoms with Crippen LogP contribution in [-0.4, -0.2) is 31.7 Å². The fraction of sp³-hybridized carbons (Fsp3) is 0.263. The van der Waals surface area contributed by atoms with Crippen LogP contribution in [0.4, 0.5) is 5.69 Å². The average Bonchev–Trinajstić information content (AvgIpc) is 2.62. The normalized spacial score (nSPS) is 12.4. The quantitative estimate of drug-likeness (QED) is 0.813. The van der Waals surface area contributed by atoms with E-state index in [0.29, 0.717) is 35.4 Å². The molecule has 2 aromatic carbocycles. The summed E-state index contributed by atoms with van der Waals surface area (Å²) in [7, 11) is 0. The van der Waals surface area contributed by atoms with E-state index in [1.165, 1.54) is 0 Å². The molecule has 0 fully saturated rings. The van der Waals surface area contributed by atoms with E-state index in [2.05, 4.69) is 5.32 Å². The van der Waals surface area contributed by atoms with Crippen molar-refractivity contribution in [1.29, 1.82) is 0 Å². The number of hydrogen-bond donors (Lipinski definition) is 1. The molecule has 0 saturated heterocycles. The highest BCUT2D eigenvalue weighted by Gasteiger charge is 2.15. The van der Waals surface area contributed by atoms with Gasteiger partial charge in [-0.05, 0) is 42.3 Å². The van der Waals surface area contributed by atoms with Crippen molar-refractivity contribution in [3.05, 3.63) is 52.5 Å². The number of fused-ring (bicyclic) bond motifs is 1. The fourth-order valence-corrected chi connectivity index (χ4v) is 2.75. The third kappa shape index (κ3) is 4.67. The number of esters is 1. The molecule has 0 aliphatic carbocycles. The average molecular weight is 376 g/mol. The second kappa shape index (κ2) is 8.10. The van der Waals surface area contributed by atoms with Crippen molar-refractivity contribution in [3.63, 3.8) is 0 Å². The summed E-state index contributed by atoms with van der Waals surface area (Å²) in [4.78, 5) is 23.9. The van der Waals surface area contributed by atoms with E-state index >= 15 is 0 Å². The molecule has 0 saturated carbocycles. The molecule has 0 radical (unpaired) electrons. The predicted octanol–water partition coefficient (Wildman–Crippen LogP) is 3.14. The zero-order valence-corrected chi connectivity index (χ0v) is 15.0. The number of ether oxygens (including phenoxy) is 3. The highest BCUT2D eigenvalue weighted by molar-refractivity contribution is 6.33. The summed E-state index contributed by atoms with van der Waals surface area (Å²) in [5, 5.41) is 3.04. The van der Waals surface area contributed by atoms with Gasteiger partial charge in [0.1, 0.15) is 13.2 Å². The standard InChI is InChI=1S/C19H18ClNO5/c1-12-2-4-15(14(20)8-12)21-18(22)11-26-19(23)10-13-3-5-16-17(9-13)25-7-6-24-16/h2-5,8-9H,6-7,10-11H2,1H3,(H,21,22). The Bertz CT molecular complexity index is 837. The Morgan fingerprint density at radius 2 is 1.88 bits per heavy atom. The first-order valence-electron chi connectivity index (χ1n) is 8.11. The number of hydrogen-bond acceptors (Lipinski definition) is 5. The molecule has 26 heavy (non-hydrogen) atoms. The van der Waals surface area contributed by atoms with E-state index in [1.54, 1.807) is 30.3 Å². The number of amides is 1. The zero-order valence-electron chi connectivity index (χ0n) is 14.2. The van der Waals surface area contributed by atoms with Gasteiger partial charge >= 0.3 is 5.97 Å². The molecule has 6 nitrogen and oxygen atoms in total. The Morgan fingerprint density at radius 3 is 2.65 bits per heavy atom. The summed E-state index contributed by atoms with van der Waals surface area (Å²) in [5.74, 6) is 0.300. The van der Waals surface area contributed by atoms with E-state index in [0.717, 1.165) is 11.1 Å². The molecule has 2 aromatic rings. The maximum Gasteiger partial charge on any atom is 0.310 e. The predicted molar refractivity (Wildman–Crippen MR) is 96.9 cm³/mol. The van der Waals surface area contributed by atoms with Gasteiger partial charge in [0.15, 0.2) is 18.1 Å². The zero-order chi connectivity index (χ0) is 18.5. The summed E-state index contributed by atoms with van der Waals surface area (Å²) in [6.07, 6.45) is 0.0369. The first kappa shape index (κ1) is 18.1. The summed E-state index contributed by atoms with van der Waals surface area (Å²) < 4.78 is 15.9. The van der Waals surface area contributed by atoms with Crippen molar-refractivity contribution in [3.8, 4) is 11.5 Å². The Hall–Kier alpha value is -2.73. The molecule has 0 atom stereocenters. The van der Waals surface area contributed by atoms with E-state index in [1.807, 2.05) is 13.0 Å². The Kier molecular flexibility index (Phi) is 5.63. The lowest BCUT2D eigenvalue weighted by atomic mass is 10.1. The lowest BCUT2D eigenvalue weighted by molar-refractivity contribution is -0.146. The number of nitrogens with one attached hydrogen (secondary N) is 1. The van der Waals surface area contributed by atoms with Crippen molar-refractivity contribution in [1.82, 2.24) is 0 Å². The van der Waals surface area contributed by atoms with Crippen LogP contribution in [0.1, 0.15) is 11.1 Å². The molecule has 1 amide bonds. The summed E-state index contributed by atoms with van der Waals surface area (Å²) in [6.45, 7) is 2.50. The highest BCUT2D eigenvalue weighted by atomic mass is 35.5. The monoisotopic (exact) mass is 375 g/mol. The van der Waals surface area contributed by atoms with Crippen molar-refractivity contribution >= 4 is 29.2 Å². The molecule has 1 aliphatic rings. The van der Waals surface area contributed by atoms with E-state index in [4.69, 9.17) is 25.8 Å². The molecule has 0 aromatic heterocycles. The summed E-state index contributed by atoms with van der Waals surface area (Å²) >= 11 is 6.06. The SMILES string of the molecule is Cc1ccc(NC(=O)COC(=O)Cc2ccc3c(c2)OCCO3)c(Cl)c1. The fourth-order valence-electron chi connectivity index (χ4n) is 2.47. The van der Waals surface area contributed by atoms with Crippen molar-refractivity contribution in [2.45, 2.75) is 13.3 Å². The van der Waals surface area contributed by atoms with Crippen LogP contribution in [0.3, 0.4) is 0 Å². The first-order chi connectivity index (χ1) is 12.5. The minimum Gasteiger partial charge on any atom is -0.486 e. The molecule has 7 heteroatoms. The maximum absolute atomic E-state index is 11.9. The Labute approximate surface area is 156 Å². The number of aryl methyl sites for hydroxylation is 1. The molecule has 1 aliphatic heterocycles. The summed E-state index contributed by atoms with van der Waals surface area (Å²) in [6, 6.07) is 10.5. The largest absolute Gasteiger partial charge is 0.486 e. The molecule has 136 valence electrons. The van der Waals surface area contributed by atoms with E-state index in [-0.39, 0.29) is 13.0 Å². The third-order valence-electron chi connectivity index (χ3n) is 3.72. The van der Waals surface area contributed by atoms with Gasteiger partial charge in [-0.2, -0.15) is 0 Å². The Morgan fingerprint density at radius 1 is 1.12 bits per heavy atom. The van der Waals surface area contributed by atoms with Gasteiger partial charge in [0, 0.05) is 0 Å². The summed E-state index contributed by atoms with van der Waals surface area (Å²) in [5.41, 5.74) is 2.19. The van der Waals surface area contributed by atoms with Crippen LogP contribution < -0.4 is 14.8 Å². The topological polar surface area (TPSA) is 73.9 Å². The van der Waals surface area contributed by atoms with Crippen LogP contribution >= 0.6 is 11.6 Å². The van der Waals surface area contributed by atoms with Gasteiger partial charge in [0.25, 0.3) is 5.91 Å². The number of anilines is 1. The van der Waals surface area contributed by atoms with Gasteiger partial charge in [0.2, 0.25) is 0 Å². The molecule has 0 unspecified atom stereocenters. The van der Waals surface area contributed by atoms with Gasteiger partial charge < -0.3 is 19.5 Å². The van der Waals surface area contributed by atoms with Crippen molar-refractivity contribution in [2.75, 3.05) is 25.1 Å². The molecule has 1 N–H and O–H groups in total. The van der Waals surface area contributed by atoms with Gasteiger partial charge in [-0.25, -0.2) is 0 Å². The van der Waals surface area contributed by atoms with Crippen LogP contribution in [0, 0.1) is 6.92 Å². The molecular weight excluding hydrogens is 358 g/mol. The molecule has 1 heterocycles. The number of rotatable bonds is 5. The van der Waals surface area contributed by atoms with E-state index < -0.39 is 11.9 Å². The minimum atomic E-state index is -0.508. The van der Waals surface area contributed by atoms with Crippen LogP contribution in [0.5, 0.6) is 11.5 Å². The number of benzene rings is 2. The van der Waals surface area contributed by atoms with Crippen molar-refractivity contribution in [2.24, 2.45) is 0 Å². The minimum absolute atomic E-state index is 0.0369. The third-order valence-corrected chi connectivity index (χ3v) is 4.03. The molecule has 0 bridgehead atoms. The molecule has 3 rings (SSSR count). The molecular formula is C19H18ClNO5. The van der Waals surface area contributed by atoms with Crippen LogP contribution in [0.2, 0.25) is 5.02 Å². The maximum atomic E-state index is 11.9. The van der Waals surface area contributed by atoms with Gasteiger partial charge in [-0.3, -0.25) is 9.59 Å². The highest BCUT2D eigenvalue weighted by Crippen LogP contribution is 2.30.